The number of nitrogens with one attached hydrogen (secondary N) is 1. The van der Waals surface area contributed by atoms with E-state index in [0.29, 0.717) is 11.0 Å². The SMILES string of the molecule is Cc1c(NN)ncnc1Sc1ncco1. The second-order valence-electron chi connectivity index (χ2n) is 2.70. The third-order valence-electron chi connectivity index (χ3n) is 1.77. The van der Waals surface area contributed by atoms with Gasteiger partial charge in [0.1, 0.15) is 23.4 Å². The Bertz CT molecular complexity index is 444. The highest BCUT2D eigenvalue weighted by atomic mass is 32.2. The predicted octanol–water partition coefficient (Wildman–Crippen LogP) is 1.21. The normalized spacial score (nSPS) is 10.3. The van der Waals surface area contributed by atoms with E-state index in [9.17, 15) is 0 Å². The Morgan fingerprint density at radius 1 is 1.40 bits per heavy atom. The molecule has 0 spiro atoms. The third-order valence-corrected chi connectivity index (χ3v) is 2.75. The quantitative estimate of drug-likeness (QED) is 0.459. The van der Waals surface area contributed by atoms with Gasteiger partial charge in [0.05, 0.1) is 6.20 Å². The average molecular weight is 223 g/mol. The fourth-order valence-corrected chi connectivity index (χ4v) is 1.76. The number of hydrogen-bond donors (Lipinski definition) is 2. The first-order valence-electron chi connectivity index (χ1n) is 4.17. The van der Waals surface area contributed by atoms with Gasteiger partial charge in [0, 0.05) is 5.56 Å². The Morgan fingerprint density at radius 3 is 2.93 bits per heavy atom. The van der Waals surface area contributed by atoms with Crippen LogP contribution in [0.25, 0.3) is 0 Å². The molecule has 0 atom stereocenters. The largest absolute Gasteiger partial charge is 0.440 e. The zero-order valence-electron chi connectivity index (χ0n) is 7.97. The molecular formula is C8H9N5OS. The Kier molecular flexibility index (Phi) is 2.84. The maximum absolute atomic E-state index is 5.30. The number of rotatable bonds is 3. The van der Waals surface area contributed by atoms with Crippen LogP contribution in [0.1, 0.15) is 5.56 Å². The van der Waals surface area contributed by atoms with Gasteiger partial charge in [0.15, 0.2) is 0 Å². The molecule has 2 rings (SSSR count). The molecule has 0 unspecified atom stereocenters. The van der Waals surface area contributed by atoms with Crippen molar-refractivity contribution in [2.45, 2.75) is 17.2 Å². The van der Waals surface area contributed by atoms with Crippen LogP contribution in [0.2, 0.25) is 0 Å². The topological polar surface area (TPSA) is 89.9 Å². The number of hydrogen-bond acceptors (Lipinski definition) is 7. The lowest BCUT2D eigenvalue weighted by molar-refractivity contribution is 0.454. The van der Waals surface area contributed by atoms with Crippen LogP contribution in [0.5, 0.6) is 0 Å². The average Bonchev–Trinajstić information content (AvgIpc) is 2.74. The lowest BCUT2D eigenvalue weighted by atomic mass is 10.3. The fraction of sp³-hybridized carbons (Fsp3) is 0.125. The van der Waals surface area contributed by atoms with E-state index in [-0.39, 0.29) is 0 Å². The third kappa shape index (κ3) is 2.08. The Labute approximate surface area is 90.3 Å². The van der Waals surface area contributed by atoms with Gasteiger partial charge in [-0.2, -0.15) is 0 Å². The summed E-state index contributed by atoms with van der Waals surface area (Å²) in [7, 11) is 0. The van der Waals surface area contributed by atoms with E-state index in [1.807, 2.05) is 6.92 Å². The van der Waals surface area contributed by atoms with E-state index in [1.54, 1.807) is 6.20 Å². The van der Waals surface area contributed by atoms with Gasteiger partial charge in [-0.3, -0.25) is 0 Å². The van der Waals surface area contributed by atoms with Crippen molar-refractivity contribution < 1.29 is 4.42 Å². The van der Waals surface area contributed by atoms with E-state index >= 15 is 0 Å². The van der Waals surface area contributed by atoms with Gasteiger partial charge < -0.3 is 9.84 Å². The van der Waals surface area contributed by atoms with E-state index in [1.165, 1.54) is 24.4 Å². The number of nitrogens with two attached hydrogens (primary N) is 1. The fourth-order valence-electron chi connectivity index (χ4n) is 1.03. The summed E-state index contributed by atoms with van der Waals surface area (Å²) in [6.45, 7) is 1.88. The van der Waals surface area contributed by atoms with Crippen LogP contribution in [-0.4, -0.2) is 15.0 Å². The number of nitrogens with zero attached hydrogens (tertiary/aromatic N) is 3. The first-order valence-corrected chi connectivity index (χ1v) is 4.98. The van der Waals surface area contributed by atoms with Crippen LogP contribution < -0.4 is 11.3 Å². The summed E-state index contributed by atoms with van der Waals surface area (Å²) in [5, 5.41) is 1.31. The number of nitrogen functional groups attached to an aromatic ring is 1. The molecular weight excluding hydrogens is 214 g/mol. The van der Waals surface area contributed by atoms with Crippen LogP contribution in [-0.2, 0) is 0 Å². The molecule has 0 fully saturated rings. The summed E-state index contributed by atoms with van der Waals surface area (Å²) >= 11 is 1.33. The summed E-state index contributed by atoms with van der Waals surface area (Å²) in [4.78, 5) is 12.1. The molecule has 6 nitrogen and oxygen atoms in total. The molecule has 2 aromatic heterocycles. The van der Waals surface area contributed by atoms with Crippen LogP contribution in [0.15, 0.2) is 33.5 Å². The maximum Gasteiger partial charge on any atom is 0.261 e. The van der Waals surface area contributed by atoms with Gasteiger partial charge in [-0.1, -0.05) is 0 Å². The van der Waals surface area contributed by atoms with Crippen molar-refractivity contribution in [1.82, 2.24) is 15.0 Å². The molecule has 78 valence electrons. The van der Waals surface area contributed by atoms with Crippen molar-refractivity contribution in [1.29, 1.82) is 0 Å². The van der Waals surface area contributed by atoms with Crippen molar-refractivity contribution in [3.05, 3.63) is 24.4 Å². The molecule has 0 aromatic carbocycles. The van der Waals surface area contributed by atoms with Gasteiger partial charge in [0.2, 0.25) is 0 Å². The second-order valence-corrected chi connectivity index (χ2v) is 3.64. The molecule has 2 aromatic rings. The molecule has 0 bridgehead atoms. The number of anilines is 1. The van der Waals surface area contributed by atoms with E-state index < -0.39 is 0 Å². The first kappa shape index (κ1) is 9.94. The molecule has 7 heteroatoms. The van der Waals surface area contributed by atoms with Crippen molar-refractivity contribution >= 4 is 17.6 Å². The maximum atomic E-state index is 5.30. The van der Waals surface area contributed by atoms with Gasteiger partial charge in [-0.25, -0.2) is 20.8 Å². The Balaban J connectivity index is 2.29. The molecule has 0 saturated heterocycles. The first-order chi connectivity index (χ1) is 7.31. The van der Waals surface area contributed by atoms with Crippen LogP contribution in [0, 0.1) is 6.92 Å². The number of hydrazine groups is 1. The van der Waals surface area contributed by atoms with Crippen LogP contribution >= 0.6 is 11.8 Å². The van der Waals surface area contributed by atoms with Crippen molar-refractivity contribution in [3.63, 3.8) is 0 Å². The molecule has 15 heavy (non-hydrogen) atoms. The summed E-state index contributed by atoms with van der Waals surface area (Å²) < 4.78 is 5.11. The van der Waals surface area contributed by atoms with Crippen molar-refractivity contribution in [2.75, 3.05) is 5.43 Å². The molecule has 0 aliphatic rings. The lowest BCUT2D eigenvalue weighted by Crippen LogP contribution is -2.10. The lowest BCUT2D eigenvalue weighted by Gasteiger charge is -2.05. The summed E-state index contributed by atoms with van der Waals surface area (Å²) in [5.41, 5.74) is 3.36. The smallest absolute Gasteiger partial charge is 0.261 e. The minimum Gasteiger partial charge on any atom is -0.440 e. The Morgan fingerprint density at radius 2 is 2.27 bits per heavy atom. The Hall–Kier alpha value is -1.60. The highest BCUT2D eigenvalue weighted by Gasteiger charge is 2.09. The second kappa shape index (κ2) is 4.28. The van der Waals surface area contributed by atoms with Gasteiger partial charge in [-0.15, -0.1) is 0 Å². The van der Waals surface area contributed by atoms with Crippen LogP contribution in [0.3, 0.4) is 0 Å². The molecule has 0 aliphatic heterocycles. The zero-order chi connectivity index (χ0) is 10.7. The summed E-state index contributed by atoms with van der Waals surface area (Å²) in [5.74, 6) is 5.90. The molecule has 2 heterocycles. The number of oxazole rings is 1. The van der Waals surface area contributed by atoms with Crippen molar-refractivity contribution in [3.8, 4) is 0 Å². The minimum atomic E-state index is 0.541. The summed E-state index contributed by atoms with van der Waals surface area (Å²) in [6, 6.07) is 0. The monoisotopic (exact) mass is 223 g/mol. The highest BCUT2D eigenvalue weighted by Crippen LogP contribution is 2.28. The minimum absolute atomic E-state index is 0.541. The van der Waals surface area contributed by atoms with E-state index in [0.717, 1.165) is 10.6 Å². The molecule has 0 saturated carbocycles. The van der Waals surface area contributed by atoms with E-state index in [4.69, 9.17) is 10.3 Å². The standard InChI is InChI=1S/C8H9N5OS/c1-5-6(13-9)11-4-12-7(5)15-8-10-2-3-14-8/h2-4H,9H2,1H3,(H,11,12,13). The predicted molar refractivity (Wildman–Crippen MR) is 55.2 cm³/mol. The molecule has 0 aliphatic carbocycles. The van der Waals surface area contributed by atoms with Crippen molar-refractivity contribution in [2.24, 2.45) is 5.84 Å². The molecule has 3 N–H and O–H groups in total. The van der Waals surface area contributed by atoms with Crippen LogP contribution in [0.4, 0.5) is 5.82 Å². The van der Waals surface area contributed by atoms with Gasteiger partial charge >= 0.3 is 0 Å². The highest BCUT2D eigenvalue weighted by molar-refractivity contribution is 7.99. The van der Waals surface area contributed by atoms with E-state index in [2.05, 4.69) is 20.4 Å². The van der Waals surface area contributed by atoms with Gasteiger partial charge in [-0.05, 0) is 18.7 Å². The molecule has 0 radical (unpaired) electrons. The van der Waals surface area contributed by atoms with Gasteiger partial charge in [0.25, 0.3) is 5.22 Å². The number of aromatic nitrogens is 3. The molecule has 0 amide bonds. The zero-order valence-corrected chi connectivity index (χ0v) is 8.78. The summed E-state index contributed by atoms with van der Waals surface area (Å²) in [6.07, 6.45) is 4.54.